The number of hydrogen-bond donors (Lipinski definition) is 0. The monoisotopic (exact) mass is 252 g/mol. The maximum absolute atomic E-state index is 11.5. The van der Waals surface area contributed by atoms with Gasteiger partial charge in [-0.25, -0.2) is 0 Å². The number of carbonyl (C=O) groups excluding carboxylic acids is 1. The highest BCUT2D eigenvalue weighted by Crippen LogP contribution is 2.29. The van der Waals surface area contributed by atoms with Crippen molar-refractivity contribution in [1.29, 1.82) is 0 Å². The van der Waals surface area contributed by atoms with E-state index in [9.17, 15) is 4.79 Å². The van der Waals surface area contributed by atoms with Crippen molar-refractivity contribution in [3.63, 3.8) is 0 Å². The van der Waals surface area contributed by atoms with Crippen LogP contribution in [0.4, 0.5) is 0 Å². The van der Waals surface area contributed by atoms with Crippen LogP contribution in [0, 0.1) is 0 Å². The number of rotatable bonds is 2. The predicted molar refractivity (Wildman–Crippen MR) is 77.3 cm³/mol. The largest absolute Gasteiger partial charge is 0.497 e. The number of carbonyl (C=O) groups is 1. The Hall–Kier alpha value is -2.09. The van der Waals surface area contributed by atoms with Crippen LogP contribution in [-0.2, 0) is 4.79 Å². The van der Waals surface area contributed by atoms with Gasteiger partial charge in [0.15, 0.2) is 5.78 Å². The molecule has 0 bridgehead atoms. The summed E-state index contributed by atoms with van der Waals surface area (Å²) in [7, 11) is 1.67. The highest BCUT2D eigenvalue weighted by molar-refractivity contribution is 5.99. The second-order valence-corrected chi connectivity index (χ2v) is 4.92. The SMILES string of the molecule is COc1ccc2cc(C3=CC(=O)CCC3)ccc2c1. The van der Waals surface area contributed by atoms with Crippen LogP contribution in [0.2, 0.25) is 0 Å². The van der Waals surface area contributed by atoms with Crippen LogP contribution in [0.15, 0.2) is 42.5 Å². The van der Waals surface area contributed by atoms with Gasteiger partial charge in [0, 0.05) is 6.42 Å². The first-order valence-corrected chi connectivity index (χ1v) is 6.58. The molecule has 2 aromatic rings. The van der Waals surface area contributed by atoms with E-state index in [0.717, 1.165) is 35.1 Å². The molecule has 0 amide bonds. The lowest BCUT2D eigenvalue weighted by atomic mass is 9.92. The molecule has 2 aromatic carbocycles. The standard InChI is InChI=1S/C17H16O2/c1-19-17-8-7-14-9-13(5-6-15(14)11-17)12-3-2-4-16(18)10-12/h5-11H,2-4H2,1H3. The number of methoxy groups -OCH3 is 1. The summed E-state index contributed by atoms with van der Waals surface area (Å²) in [4.78, 5) is 11.5. The first-order chi connectivity index (χ1) is 9.26. The maximum atomic E-state index is 11.5. The van der Waals surface area contributed by atoms with Gasteiger partial charge in [0.05, 0.1) is 7.11 Å². The maximum Gasteiger partial charge on any atom is 0.155 e. The fourth-order valence-corrected chi connectivity index (χ4v) is 2.57. The molecule has 0 saturated carbocycles. The van der Waals surface area contributed by atoms with Crippen LogP contribution < -0.4 is 4.74 Å². The van der Waals surface area contributed by atoms with Gasteiger partial charge in [-0.05, 0) is 59.0 Å². The minimum absolute atomic E-state index is 0.246. The molecule has 2 heteroatoms. The van der Waals surface area contributed by atoms with Crippen LogP contribution in [0.1, 0.15) is 24.8 Å². The minimum atomic E-state index is 0.246. The van der Waals surface area contributed by atoms with Crippen LogP contribution >= 0.6 is 0 Å². The molecule has 19 heavy (non-hydrogen) atoms. The van der Waals surface area contributed by atoms with Gasteiger partial charge >= 0.3 is 0 Å². The summed E-state index contributed by atoms with van der Waals surface area (Å²) in [6.45, 7) is 0. The van der Waals surface area contributed by atoms with E-state index in [0.29, 0.717) is 6.42 Å². The van der Waals surface area contributed by atoms with E-state index in [1.165, 1.54) is 5.39 Å². The lowest BCUT2D eigenvalue weighted by molar-refractivity contribution is -0.114. The highest BCUT2D eigenvalue weighted by atomic mass is 16.5. The molecule has 0 radical (unpaired) electrons. The number of fused-ring (bicyclic) bond motifs is 1. The third kappa shape index (κ3) is 2.39. The second kappa shape index (κ2) is 4.88. The molecular formula is C17H16O2. The summed E-state index contributed by atoms with van der Waals surface area (Å²) >= 11 is 0. The van der Waals surface area contributed by atoms with E-state index in [2.05, 4.69) is 24.3 Å². The van der Waals surface area contributed by atoms with Crippen LogP contribution in [0.3, 0.4) is 0 Å². The fraction of sp³-hybridized carbons (Fsp3) is 0.235. The van der Waals surface area contributed by atoms with E-state index in [1.807, 2.05) is 12.1 Å². The lowest BCUT2D eigenvalue weighted by Crippen LogP contribution is -2.01. The average molecular weight is 252 g/mol. The molecule has 0 heterocycles. The van der Waals surface area contributed by atoms with Crippen LogP contribution in [0.5, 0.6) is 5.75 Å². The summed E-state index contributed by atoms with van der Waals surface area (Å²) in [6.07, 6.45) is 4.45. The van der Waals surface area contributed by atoms with Gasteiger partial charge in [-0.1, -0.05) is 18.2 Å². The third-order valence-electron chi connectivity index (χ3n) is 3.62. The van der Waals surface area contributed by atoms with E-state index in [4.69, 9.17) is 4.74 Å². The molecule has 0 atom stereocenters. The Bertz CT molecular complexity index is 668. The fourth-order valence-electron chi connectivity index (χ4n) is 2.57. The van der Waals surface area contributed by atoms with Gasteiger partial charge in [-0.3, -0.25) is 4.79 Å². The molecule has 3 rings (SSSR count). The van der Waals surface area contributed by atoms with Crippen molar-refractivity contribution in [2.75, 3.05) is 7.11 Å². The number of benzene rings is 2. The Kier molecular flexibility index (Phi) is 3.08. The van der Waals surface area contributed by atoms with Crippen molar-refractivity contribution in [2.45, 2.75) is 19.3 Å². The molecule has 1 aliphatic rings. The zero-order valence-electron chi connectivity index (χ0n) is 11.0. The third-order valence-corrected chi connectivity index (χ3v) is 3.62. The molecule has 0 spiro atoms. The molecule has 0 saturated heterocycles. The molecule has 0 aromatic heterocycles. The summed E-state index contributed by atoms with van der Waals surface area (Å²) in [5.74, 6) is 1.11. The van der Waals surface area contributed by atoms with Gasteiger partial charge in [-0.15, -0.1) is 0 Å². The predicted octanol–water partition coefficient (Wildman–Crippen LogP) is 3.98. The zero-order chi connectivity index (χ0) is 13.2. The molecule has 96 valence electrons. The van der Waals surface area contributed by atoms with E-state index in [1.54, 1.807) is 13.2 Å². The van der Waals surface area contributed by atoms with Crippen molar-refractivity contribution >= 4 is 22.1 Å². The van der Waals surface area contributed by atoms with Crippen LogP contribution in [-0.4, -0.2) is 12.9 Å². The summed E-state index contributed by atoms with van der Waals surface area (Å²) in [6, 6.07) is 12.4. The van der Waals surface area contributed by atoms with Crippen LogP contribution in [0.25, 0.3) is 16.3 Å². The number of hydrogen-bond acceptors (Lipinski definition) is 2. The average Bonchev–Trinajstić information content (AvgIpc) is 2.46. The Morgan fingerprint density at radius 2 is 1.79 bits per heavy atom. The van der Waals surface area contributed by atoms with E-state index in [-0.39, 0.29) is 5.78 Å². The zero-order valence-corrected chi connectivity index (χ0v) is 11.0. The normalized spacial score (nSPS) is 15.4. The Morgan fingerprint density at radius 3 is 2.58 bits per heavy atom. The minimum Gasteiger partial charge on any atom is -0.497 e. The molecule has 1 aliphatic carbocycles. The topological polar surface area (TPSA) is 26.3 Å². The van der Waals surface area contributed by atoms with Crippen molar-refractivity contribution in [1.82, 2.24) is 0 Å². The van der Waals surface area contributed by atoms with Gasteiger partial charge in [0.1, 0.15) is 5.75 Å². The van der Waals surface area contributed by atoms with Crippen molar-refractivity contribution in [3.8, 4) is 5.75 Å². The number of ether oxygens (including phenoxy) is 1. The van der Waals surface area contributed by atoms with E-state index >= 15 is 0 Å². The molecule has 0 unspecified atom stereocenters. The summed E-state index contributed by atoms with van der Waals surface area (Å²) in [5.41, 5.74) is 2.32. The van der Waals surface area contributed by atoms with Gasteiger partial charge in [-0.2, -0.15) is 0 Å². The number of allylic oxidation sites excluding steroid dienone is 2. The van der Waals surface area contributed by atoms with E-state index < -0.39 is 0 Å². The molecule has 0 fully saturated rings. The van der Waals surface area contributed by atoms with Gasteiger partial charge in [0.25, 0.3) is 0 Å². The van der Waals surface area contributed by atoms with Crippen molar-refractivity contribution < 1.29 is 9.53 Å². The first-order valence-electron chi connectivity index (χ1n) is 6.58. The van der Waals surface area contributed by atoms with Gasteiger partial charge in [0.2, 0.25) is 0 Å². The smallest absolute Gasteiger partial charge is 0.155 e. The quantitative estimate of drug-likeness (QED) is 0.808. The molecular weight excluding hydrogens is 236 g/mol. The molecule has 2 nitrogen and oxygen atoms in total. The summed E-state index contributed by atoms with van der Waals surface area (Å²) < 4.78 is 5.23. The second-order valence-electron chi connectivity index (χ2n) is 4.92. The van der Waals surface area contributed by atoms with Crippen molar-refractivity contribution in [3.05, 3.63) is 48.0 Å². The van der Waals surface area contributed by atoms with Gasteiger partial charge < -0.3 is 4.74 Å². The molecule has 0 N–H and O–H groups in total. The van der Waals surface area contributed by atoms with Crippen molar-refractivity contribution in [2.24, 2.45) is 0 Å². The lowest BCUT2D eigenvalue weighted by Gasteiger charge is -2.13. The summed E-state index contributed by atoms with van der Waals surface area (Å²) in [5, 5.41) is 2.34. The Labute approximate surface area is 112 Å². The Morgan fingerprint density at radius 1 is 1.00 bits per heavy atom. The first kappa shape index (κ1) is 12.0. The molecule has 0 aliphatic heterocycles. The number of ketones is 1. The highest BCUT2D eigenvalue weighted by Gasteiger charge is 2.11. The Balaban J connectivity index is 2.04.